The summed E-state index contributed by atoms with van der Waals surface area (Å²) < 4.78 is 0. The second-order valence-corrected chi connectivity index (χ2v) is 13.4. The van der Waals surface area contributed by atoms with E-state index in [1.807, 2.05) is 0 Å². The summed E-state index contributed by atoms with van der Waals surface area (Å²) in [4.78, 5) is 23.6. The molecule has 0 amide bonds. The van der Waals surface area contributed by atoms with E-state index >= 15 is 0 Å². The molecular formula is C38H74O4. The fourth-order valence-electron chi connectivity index (χ4n) is 6.36. The molecule has 2 atom stereocenters. The topological polar surface area (TPSA) is 74.6 Å². The Hall–Kier alpha value is -1.06. The van der Waals surface area contributed by atoms with Gasteiger partial charge in [0.25, 0.3) is 0 Å². The first-order chi connectivity index (χ1) is 20.5. The molecule has 4 heteroatoms. The van der Waals surface area contributed by atoms with Crippen LogP contribution in [0.25, 0.3) is 0 Å². The molecule has 0 aliphatic heterocycles. The highest BCUT2D eigenvalue weighted by molar-refractivity contribution is 5.71. The third-order valence-electron chi connectivity index (χ3n) is 9.37. The lowest BCUT2D eigenvalue weighted by atomic mass is 9.89. The van der Waals surface area contributed by atoms with Crippen molar-refractivity contribution in [1.82, 2.24) is 0 Å². The van der Waals surface area contributed by atoms with Gasteiger partial charge in [0, 0.05) is 0 Å². The fraction of sp³-hybridized carbons (Fsp3) is 0.947. The summed E-state index contributed by atoms with van der Waals surface area (Å²) in [6, 6.07) is 0. The lowest BCUT2D eigenvalue weighted by molar-refractivity contribution is -0.145. The van der Waals surface area contributed by atoms with Crippen molar-refractivity contribution in [3.8, 4) is 0 Å². The van der Waals surface area contributed by atoms with Gasteiger partial charge < -0.3 is 10.2 Å². The molecule has 0 aromatic rings. The number of hydrogen-bond donors (Lipinski definition) is 2. The van der Waals surface area contributed by atoms with Crippen LogP contribution in [0.15, 0.2) is 0 Å². The van der Waals surface area contributed by atoms with Crippen molar-refractivity contribution < 1.29 is 19.8 Å². The number of carbonyl (C=O) groups is 2. The van der Waals surface area contributed by atoms with Crippen molar-refractivity contribution in [2.75, 3.05) is 0 Å². The normalized spacial score (nSPS) is 12.9. The zero-order chi connectivity index (χ0) is 30.9. The van der Waals surface area contributed by atoms with Crippen LogP contribution in [-0.2, 0) is 9.59 Å². The number of carboxylic acid groups (broad SMARTS) is 2. The Morgan fingerprint density at radius 2 is 0.524 bits per heavy atom. The molecule has 0 spiro atoms. The molecule has 0 radical (unpaired) electrons. The Balaban J connectivity index is 3.76. The van der Waals surface area contributed by atoms with E-state index in [0.29, 0.717) is 25.7 Å². The third-order valence-corrected chi connectivity index (χ3v) is 9.37. The molecule has 0 aromatic carbocycles. The monoisotopic (exact) mass is 595 g/mol. The first-order valence-electron chi connectivity index (χ1n) is 19.0. The van der Waals surface area contributed by atoms with Crippen molar-refractivity contribution in [1.29, 1.82) is 0 Å². The number of rotatable bonds is 35. The van der Waals surface area contributed by atoms with Gasteiger partial charge in [-0.2, -0.15) is 0 Å². The van der Waals surface area contributed by atoms with Crippen molar-refractivity contribution in [3.05, 3.63) is 0 Å². The van der Waals surface area contributed by atoms with E-state index in [9.17, 15) is 19.8 Å². The van der Waals surface area contributed by atoms with Crippen molar-refractivity contribution >= 4 is 11.9 Å². The van der Waals surface area contributed by atoms with E-state index in [2.05, 4.69) is 13.8 Å². The van der Waals surface area contributed by atoms with Crippen molar-refractivity contribution in [2.24, 2.45) is 11.8 Å². The van der Waals surface area contributed by atoms with Gasteiger partial charge in [-0.1, -0.05) is 194 Å². The molecule has 0 rings (SSSR count). The SMILES string of the molecule is CCCCCCCCCCCCCCCCC(CCC(CCCCCCCCCCCCCCCC)C(=O)O)C(=O)O. The quantitative estimate of drug-likeness (QED) is 0.0716. The Morgan fingerprint density at radius 1 is 0.333 bits per heavy atom. The molecule has 2 unspecified atom stereocenters. The largest absolute Gasteiger partial charge is 0.481 e. The number of hydrogen-bond acceptors (Lipinski definition) is 2. The standard InChI is InChI=1S/C38H74O4/c1-3-5-7-9-11-13-15-17-19-21-23-25-27-29-31-35(37(39)40)33-34-36(38(41)42)32-30-28-26-24-22-20-18-16-14-12-10-8-6-4-2/h35-36H,3-34H2,1-2H3,(H,39,40)(H,41,42). The average Bonchev–Trinajstić information content (AvgIpc) is 2.97. The average molecular weight is 595 g/mol. The fourth-order valence-corrected chi connectivity index (χ4v) is 6.36. The van der Waals surface area contributed by atoms with Crippen LogP contribution < -0.4 is 0 Å². The predicted molar refractivity (Wildman–Crippen MR) is 181 cm³/mol. The lowest BCUT2D eigenvalue weighted by Gasteiger charge is -2.16. The maximum atomic E-state index is 11.8. The van der Waals surface area contributed by atoms with Crippen molar-refractivity contribution in [3.63, 3.8) is 0 Å². The van der Waals surface area contributed by atoms with E-state index in [1.165, 1.54) is 154 Å². The summed E-state index contributed by atoms with van der Waals surface area (Å²) in [5.74, 6) is -2.27. The van der Waals surface area contributed by atoms with Crippen LogP contribution in [0.2, 0.25) is 0 Å². The van der Waals surface area contributed by atoms with Gasteiger partial charge in [-0.15, -0.1) is 0 Å². The Bertz CT molecular complexity index is 525. The Kier molecular flexibility index (Phi) is 32.0. The van der Waals surface area contributed by atoms with Gasteiger partial charge in [0.05, 0.1) is 11.8 Å². The predicted octanol–water partition coefficient (Wildman–Crippen LogP) is 12.9. The van der Waals surface area contributed by atoms with Gasteiger partial charge >= 0.3 is 11.9 Å². The van der Waals surface area contributed by atoms with E-state index in [-0.39, 0.29) is 11.8 Å². The van der Waals surface area contributed by atoms with Crippen LogP contribution in [0, 0.1) is 11.8 Å². The van der Waals surface area contributed by atoms with E-state index in [4.69, 9.17) is 0 Å². The number of carboxylic acids is 2. The Labute approximate surface area is 262 Å². The van der Waals surface area contributed by atoms with Gasteiger partial charge in [-0.3, -0.25) is 9.59 Å². The molecule has 42 heavy (non-hydrogen) atoms. The van der Waals surface area contributed by atoms with Gasteiger partial charge in [-0.05, 0) is 25.7 Å². The second-order valence-electron chi connectivity index (χ2n) is 13.4. The lowest BCUT2D eigenvalue weighted by Crippen LogP contribution is -2.19. The molecule has 250 valence electrons. The van der Waals surface area contributed by atoms with Gasteiger partial charge in [-0.25, -0.2) is 0 Å². The zero-order valence-electron chi connectivity index (χ0n) is 28.5. The maximum Gasteiger partial charge on any atom is 0.306 e. The molecule has 0 saturated carbocycles. The molecule has 0 fully saturated rings. The van der Waals surface area contributed by atoms with Crippen LogP contribution in [0.3, 0.4) is 0 Å². The number of aliphatic carboxylic acids is 2. The van der Waals surface area contributed by atoms with Crippen LogP contribution in [-0.4, -0.2) is 22.2 Å². The minimum atomic E-state index is -0.745. The smallest absolute Gasteiger partial charge is 0.306 e. The highest BCUT2D eigenvalue weighted by atomic mass is 16.4. The van der Waals surface area contributed by atoms with Gasteiger partial charge in [0.2, 0.25) is 0 Å². The summed E-state index contributed by atoms with van der Waals surface area (Å²) in [7, 11) is 0. The minimum absolute atomic E-state index is 0.388. The molecule has 0 aromatic heterocycles. The second kappa shape index (κ2) is 32.8. The third kappa shape index (κ3) is 29.0. The van der Waals surface area contributed by atoms with Crippen LogP contribution in [0.4, 0.5) is 0 Å². The molecule has 0 heterocycles. The van der Waals surface area contributed by atoms with E-state index < -0.39 is 11.9 Å². The summed E-state index contributed by atoms with van der Waals surface area (Å²) >= 11 is 0. The maximum absolute atomic E-state index is 11.8. The molecule has 0 aliphatic rings. The molecular weight excluding hydrogens is 520 g/mol. The zero-order valence-corrected chi connectivity index (χ0v) is 28.5. The van der Waals surface area contributed by atoms with Gasteiger partial charge in [0.15, 0.2) is 0 Å². The van der Waals surface area contributed by atoms with Crippen LogP contribution in [0.1, 0.15) is 219 Å². The summed E-state index contributed by atoms with van der Waals surface area (Å²) in [6.45, 7) is 4.54. The first-order valence-corrected chi connectivity index (χ1v) is 19.0. The molecule has 0 saturated heterocycles. The highest BCUT2D eigenvalue weighted by Gasteiger charge is 2.22. The molecule has 4 nitrogen and oxygen atoms in total. The van der Waals surface area contributed by atoms with Crippen molar-refractivity contribution in [2.45, 2.75) is 219 Å². The van der Waals surface area contributed by atoms with Crippen LogP contribution in [0.5, 0.6) is 0 Å². The van der Waals surface area contributed by atoms with E-state index in [0.717, 1.165) is 25.7 Å². The minimum Gasteiger partial charge on any atom is -0.481 e. The molecule has 0 bridgehead atoms. The summed E-state index contributed by atoms with van der Waals surface area (Å²) in [5.41, 5.74) is 0. The summed E-state index contributed by atoms with van der Waals surface area (Å²) in [5, 5.41) is 19.4. The van der Waals surface area contributed by atoms with E-state index in [1.54, 1.807) is 0 Å². The molecule has 2 N–H and O–H groups in total. The molecule has 0 aliphatic carbocycles. The first kappa shape index (κ1) is 40.9. The van der Waals surface area contributed by atoms with Gasteiger partial charge in [0.1, 0.15) is 0 Å². The van der Waals surface area contributed by atoms with Crippen LogP contribution >= 0.6 is 0 Å². The Morgan fingerprint density at radius 3 is 0.714 bits per heavy atom. The highest BCUT2D eigenvalue weighted by Crippen LogP contribution is 2.24. The number of unbranched alkanes of at least 4 members (excludes halogenated alkanes) is 26. The summed E-state index contributed by atoms with van der Waals surface area (Å²) in [6.07, 6.45) is 38.8.